The number of hydrogen-bond donors (Lipinski definition) is 0. The van der Waals surface area contributed by atoms with Crippen molar-refractivity contribution in [3.05, 3.63) is 152 Å². The van der Waals surface area contributed by atoms with Gasteiger partial charge in [-0.1, -0.05) is 48.5 Å². The molecule has 0 atom stereocenters. The third-order valence-electron chi connectivity index (χ3n) is 12.1. The molecule has 0 aromatic heterocycles. The Kier molecular flexibility index (Phi) is 16.3. The first-order chi connectivity index (χ1) is 33.7. The van der Waals surface area contributed by atoms with Crippen LogP contribution in [0, 0.1) is 90.6 Å². The Morgan fingerprint density at radius 2 is 0.710 bits per heavy atom. The predicted octanol–water partition coefficient (Wildman–Crippen LogP) is 11.4. The van der Waals surface area contributed by atoms with Crippen LogP contribution in [0.4, 0.5) is 11.4 Å². The zero-order valence-electron chi connectivity index (χ0n) is 38.9. The number of fused-ring (bicyclic) bond motifs is 2. The van der Waals surface area contributed by atoms with Gasteiger partial charge in [-0.25, -0.2) is 0 Å². The number of unbranched alkanes of at least 4 members (excludes halogenated alkanes) is 2. The highest BCUT2D eigenvalue weighted by Crippen LogP contribution is 2.51. The summed E-state index contributed by atoms with van der Waals surface area (Å²) in [5.41, 5.74) is 7.14. The third kappa shape index (κ3) is 10.0. The summed E-state index contributed by atoms with van der Waals surface area (Å²) in [7, 11) is 0. The molecule has 0 saturated carbocycles. The van der Waals surface area contributed by atoms with E-state index in [2.05, 4.69) is 37.5 Å². The lowest BCUT2D eigenvalue weighted by molar-refractivity contribution is 0.279. The van der Waals surface area contributed by atoms with Crippen molar-refractivity contribution in [2.24, 2.45) is 0 Å². The van der Waals surface area contributed by atoms with E-state index in [-0.39, 0.29) is 22.3 Å². The maximum Gasteiger partial charge on any atom is 0.138 e. The molecule has 0 radical (unpaired) electrons. The lowest BCUT2D eigenvalue weighted by Gasteiger charge is -2.23. The smallest absolute Gasteiger partial charge is 0.138 e. The van der Waals surface area contributed by atoms with Gasteiger partial charge < -0.3 is 19.3 Å². The molecule has 0 heterocycles. The topological polar surface area (TPSA) is 215 Å². The molecule has 2 aliphatic carbocycles. The first kappa shape index (κ1) is 48.9. The molecule has 0 aliphatic heterocycles. The molecular weight excluding hydrogens is 857 g/mol. The quantitative estimate of drug-likeness (QED) is 0.0758. The first-order valence-electron chi connectivity index (χ1n) is 22.6. The molecule has 0 unspecified atom stereocenters. The van der Waals surface area contributed by atoms with Crippen molar-refractivity contribution in [3.63, 3.8) is 0 Å². The van der Waals surface area contributed by atoms with Crippen LogP contribution in [0.25, 0.3) is 34.4 Å². The second kappa shape index (κ2) is 23.1. The van der Waals surface area contributed by atoms with E-state index in [9.17, 15) is 42.1 Å². The van der Waals surface area contributed by atoms with Gasteiger partial charge in [0.2, 0.25) is 0 Å². The number of anilines is 2. The lowest BCUT2D eigenvalue weighted by Crippen LogP contribution is -2.21. The minimum Gasteiger partial charge on any atom is -0.493 e. The average molecular weight is 903 g/mol. The summed E-state index contributed by atoms with van der Waals surface area (Å²) in [6.07, 6.45) is 5.61. The van der Waals surface area contributed by atoms with Crippen molar-refractivity contribution < 1.29 is 9.47 Å². The summed E-state index contributed by atoms with van der Waals surface area (Å²) >= 11 is 0. The van der Waals surface area contributed by atoms with E-state index in [1.54, 1.807) is 60.7 Å². The molecule has 0 spiro atoms. The molecule has 12 nitrogen and oxygen atoms in total. The van der Waals surface area contributed by atoms with Gasteiger partial charge in [-0.15, -0.1) is 0 Å². The third-order valence-corrected chi connectivity index (χ3v) is 12.1. The van der Waals surface area contributed by atoms with Crippen molar-refractivity contribution in [2.45, 2.75) is 47.0 Å². The van der Waals surface area contributed by atoms with Gasteiger partial charge in [0.05, 0.1) is 13.2 Å². The molecule has 0 saturated heterocycles. The van der Waals surface area contributed by atoms with Crippen LogP contribution in [0.5, 0.6) is 11.5 Å². The number of allylic oxidation sites excluding steroid dienone is 10. The highest BCUT2D eigenvalue weighted by Gasteiger charge is 2.34. The molecule has 0 amide bonds. The summed E-state index contributed by atoms with van der Waals surface area (Å²) in [4.78, 5) is 4.38. The minimum atomic E-state index is -0.140. The summed E-state index contributed by atoms with van der Waals surface area (Å²) < 4.78 is 13.1. The van der Waals surface area contributed by atoms with Crippen LogP contribution >= 0.6 is 0 Å². The molecule has 4 aromatic rings. The SMILES string of the molecule is CCN(CC)c1ccc(C=C2C(=C(C#N)C#N)c3ccccc3C2=C(C#N)C#N)c(OCCCCCOc2cc(N(CC)CC)ccc2C=C2C(=C(C#N)C#N)c3ccccc3C2=C(C#N)C#N)c1. The first-order valence-corrected chi connectivity index (χ1v) is 22.6. The van der Waals surface area contributed by atoms with E-state index < -0.39 is 0 Å². The van der Waals surface area contributed by atoms with Gasteiger partial charge in [-0.05, 0) is 117 Å². The van der Waals surface area contributed by atoms with Crippen molar-refractivity contribution >= 4 is 45.8 Å². The molecule has 12 heteroatoms. The zero-order valence-corrected chi connectivity index (χ0v) is 38.9. The standard InChI is InChI=1S/C57H46N10O2/c1-5-66(6-2)44-22-20-38(26-50-54(40(30-58)31-59)46-16-10-11-17-47(46)55(50)41(32-60)33-61)52(28-44)68-24-14-9-15-25-69-53-29-45(67(7-3)8-4)23-21-39(53)27-51-56(42(34-62)35-63)48-18-12-13-19-49(48)57(51)43(36-64)37-65/h10-13,16-23,26-29H,5-9,14-15,24-25H2,1-4H3. The van der Waals surface area contributed by atoms with Crippen LogP contribution < -0.4 is 19.3 Å². The highest BCUT2D eigenvalue weighted by atomic mass is 16.5. The molecule has 336 valence electrons. The Hall–Kier alpha value is -9.56. The fourth-order valence-electron chi connectivity index (χ4n) is 8.74. The van der Waals surface area contributed by atoms with E-state index in [4.69, 9.17) is 9.47 Å². The Labute approximate surface area is 403 Å². The summed E-state index contributed by atoms with van der Waals surface area (Å²) in [5.74, 6) is 1.11. The Morgan fingerprint density at radius 1 is 0.420 bits per heavy atom. The second-order valence-corrected chi connectivity index (χ2v) is 15.6. The fraction of sp³-hybridized carbons (Fsp3) is 0.228. The molecular formula is C57H46N10O2. The highest BCUT2D eigenvalue weighted by molar-refractivity contribution is 6.16. The van der Waals surface area contributed by atoms with E-state index in [0.29, 0.717) is 104 Å². The molecule has 2 aliphatic rings. The van der Waals surface area contributed by atoms with Crippen LogP contribution in [0.15, 0.2) is 118 Å². The van der Waals surface area contributed by atoms with Crippen molar-refractivity contribution in [3.8, 4) is 60.1 Å². The van der Waals surface area contributed by atoms with Gasteiger partial charge in [-0.3, -0.25) is 0 Å². The molecule has 6 rings (SSSR count). The molecule has 0 bridgehead atoms. The fourth-order valence-corrected chi connectivity index (χ4v) is 8.74. The number of benzene rings is 4. The minimum absolute atomic E-state index is 0.140. The molecule has 0 N–H and O–H groups in total. The summed E-state index contributed by atoms with van der Waals surface area (Å²) in [6, 6.07) is 42.0. The van der Waals surface area contributed by atoms with Crippen molar-refractivity contribution in [1.29, 1.82) is 42.1 Å². The maximum absolute atomic E-state index is 10.1. The largest absolute Gasteiger partial charge is 0.493 e. The van der Waals surface area contributed by atoms with Gasteiger partial charge in [0, 0.05) is 83.1 Å². The lowest BCUT2D eigenvalue weighted by atomic mass is 9.94. The molecule has 0 fully saturated rings. The number of rotatable bonds is 16. The van der Waals surface area contributed by atoms with Gasteiger partial charge in [0.1, 0.15) is 82.3 Å². The molecule has 69 heavy (non-hydrogen) atoms. The van der Waals surface area contributed by atoms with Gasteiger partial charge in [0.25, 0.3) is 0 Å². The van der Waals surface area contributed by atoms with Gasteiger partial charge in [0.15, 0.2) is 0 Å². The van der Waals surface area contributed by atoms with Gasteiger partial charge in [-0.2, -0.15) is 42.1 Å². The summed E-state index contributed by atoms with van der Waals surface area (Å²) in [6.45, 7) is 12.0. The van der Waals surface area contributed by atoms with E-state index in [1.807, 2.05) is 85.0 Å². The Morgan fingerprint density at radius 3 is 0.971 bits per heavy atom. The number of hydrogen-bond acceptors (Lipinski definition) is 12. The number of nitrogens with zero attached hydrogens (tertiary/aromatic N) is 10. The van der Waals surface area contributed by atoms with Crippen molar-refractivity contribution in [2.75, 3.05) is 49.2 Å². The Bertz CT molecular complexity index is 2820. The van der Waals surface area contributed by atoms with E-state index in [1.165, 1.54) is 0 Å². The monoisotopic (exact) mass is 902 g/mol. The second-order valence-electron chi connectivity index (χ2n) is 15.6. The van der Waals surface area contributed by atoms with E-state index in [0.717, 1.165) is 44.0 Å². The number of nitriles is 8. The van der Waals surface area contributed by atoms with Crippen LogP contribution in [0.1, 0.15) is 80.3 Å². The number of ether oxygens (including phenoxy) is 2. The van der Waals surface area contributed by atoms with E-state index >= 15 is 0 Å². The van der Waals surface area contributed by atoms with Crippen molar-refractivity contribution in [1.82, 2.24) is 0 Å². The van der Waals surface area contributed by atoms with Gasteiger partial charge >= 0.3 is 0 Å². The molecule has 4 aromatic carbocycles. The van der Waals surface area contributed by atoms with Crippen LogP contribution in [-0.2, 0) is 0 Å². The average Bonchev–Trinajstić information content (AvgIpc) is 3.86. The van der Waals surface area contributed by atoms with Crippen LogP contribution in [-0.4, -0.2) is 39.4 Å². The Balaban J connectivity index is 1.29. The van der Waals surface area contributed by atoms with Crippen LogP contribution in [0.2, 0.25) is 0 Å². The summed E-state index contributed by atoms with van der Waals surface area (Å²) in [5, 5.41) is 80.5. The maximum atomic E-state index is 10.1. The predicted molar refractivity (Wildman–Crippen MR) is 266 cm³/mol. The van der Waals surface area contributed by atoms with Crippen LogP contribution in [0.3, 0.4) is 0 Å². The zero-order chi connectivity index (χ0) is 49.5. The normalized spacial score (nSPS) is 11.7.